The minimum absolute atomic E-state index is 0.0452. The Morgan fingerprint density at radius 3 is 2.55 bits per heavy atom. The molecule has 1 aliphatic rings. The molecule has 0 bridgehead atoms. The Morgan fingerprint density at radius 2 is 1.86 bits per heavy atom. The van der Waals surface area contributed by atoms with Gasteiger partial charge in [0.05, 0.1) is 23.6 Å². The summed E-state index contributed by atoms with van der Waals surface area (Å²) in [7, 11) is 1.65. The predicted octanol–water partition coefficient (Wildman–Crippen LogP) is 3.82. The number of hydrogen-bond donors (Lipinski definition) is 1. The van der Waals surface area contributed by atoms with Gasteiger partial charge < -0.3 is 14.5 Å². The second-order valence-corrected chi connectivity index (χ2v) is 11.0. The van der Waals surface area contributed by atoms with Gasteiger partial charge in [-0.1, -0.05) is 12.1 Å². The van der Waals surface area contributed by atoms with Crippen molar-refractivity contribution in [3.05, 3.63) is 88.2 Å². The zero-order valence-corrected chi connectivity index (χ0v) is 24.6. The number of aromatic amines is 1. The van der Waals surface area contributed by atoms with Crippen molar-refractivity contribution in [3.63, 3.8) is 0 Å². The highest BCUT2D eigenvalue weighted by Gasteiger charge is 2.26. The van der Waals surface area contributed by atoms with Gasteiger partial charge in [0, 0.05) is 75.8 Å². The molecule has 3 aromatic heterocycles. The molecule has 1 amide bonds. The first-order valence-electron chi connectivity index (χ1n) is 14.3. The number of amides is 1. The van der Waals surface area contributed by atoms with Gasteiger partial charge in [-0.3, -0.25) is 24.1 Å². The number of nitrogens with zero attached hydrogens (tertiary/aromatic N) is 7. The van der Waals surface area contributed by atoms with Gasteiger partial charge >= 0.3 is 6.61 Å². The van der Waals surface area contributed by atoms with E-state index in [4.69, 9.17) is 4.74 Å². The highest BCUT2D eigenvalue weighted by Crippen LogP contribution is 2.28. The number of alkyl halides is 2. The lowest BCUT2D eigenvalue weighted by Crippen LogP contribution is -2.53. The fourth-order valence-corrected chi connectivity index (χ4v) is 5.83. The van der Waals surface area contributed by atoms with Crippen LogP contribution in [0.1, 0.15) is 30.5 Å². The van der Waals surface area contributed by atoms with Crippen molar-refractivity contribution in [1.29, 1.82) is 0 Å². The first-order chi connectivity index (χ1) is 21.2. The van der Waals surface area contributed by atoms with Crippen LogP contribution in [0.5, 0.6) is 5.75 Å². The lowest BCUT2D eigenvalue weighted by atomic mass is 10.0. The van der Waals surface area contributed by atoms with Crippen LogP contribution in [-0.4, -0.2) is 72.6 Å². The molecule has 1 atom stereocenters. The molecule has 228 valence electrons. The predicted molar refractivity (Wildman–Crippen MR) is 161 cm³/mol. The quantitative estimate of drug-likeness (QED) is 0.287. The van der Waals surface area contributed by atoms with E-state index in [1.807, 2.05) is 30.0 Å². The summed E-state index contributed by atoms with van der Waals surface area (Å²) in [5.41, 5.74) is 4.34. The van der Waals surface area contributed by atoms with Crippen LogP contribution in [0.15, 0.2) is 66.0 Å². The Morgan fingerprint density at radius 1 is 1.07 bits per heavy atom. The van der Waals surface area contributed by atoms with Crippen molar-refractivity contribution in [2.75, 3.05) is 24.5 Å². The largest absolute Gasteiger partial charge is 0.434 e. The van der Waals surface area contributed by atoms with Crippen LogP contribution in [0.4, 0.5) is 14.7 Å². The molecule has 1 saturated heterocycles. The molecular weight excluding hydrogens is 570 g/mol. The van der Waals surface area contributed by atoms with Gasteiger partial charge in [-0.2, -0.15) is 13.9 Å². The molecule has 0 saturated carbocycles. The maximum atomic E-state index is 13.3. The van der Waals surface area contributed by atoms with E-state index < -0.39 is 6.61 Å². The van der Waals surface area contributed by atoms with Gasteiger partial charge in [-0.25, -0.2) is 9.97 Å². The van der Waals surface area contributed by atoms with E-state index in [9.17, 15) is 18.4 Å². The van der Waals surface area contributed by atoms with E-state index in [1.54, 1.807) is 55.6 Å². The maximum absolute atomic E-state index is 13.3. The Kier molecular flexibility index (Phi) is 7.85. The number of carbonyl (C=O) groups excluding carboxylic acids is 1. The van der Waals surface area contributed by atoms with Crippen LogP contribution in [0, 0.1) is 0 Å². The monoisotopic (exact) mass is 602 g/mol. The summed E-state index contributed by atoms with van der Waals surface area (Å²) < 4.78 is 34.7. The van der Waals surface area contributed by atoms with Crippen LogP contribution in [0.2, 0.25) is 0 Å². The number of fused-ring (bicyclic) bond motifs is 1. The summed E-state index contributed by atoms with van der Waals surface area (Å²) >= 11 is 0. The fourth-order valence-electron chi connectivity index (χ4n) is 5.83. The van der Waals surface area contributed by atoms with E-state index in [1.165, 1.54) is 10.7 Å². The maximum Gasteiger partial charge on any atom is 0.387 e. The molecular formula is C31H32F2N8O3. The Hall–Kier alpha value is -5.07. The number of H-pyrrole nitrogens is 1. The van der Waals surface area contributed by atoms with Gasteiger partial charge in [0.15, 0.2) is 0 Å². The highest BCUT2D eigenvalue weighted by molar-refractivity contribution is 5.84. The number of carbonyl (C=O) groups is 1. The van der Waals surface area contributed by atoms with E-state index in [0.717, 1.165) is 22.3 Å². The highest BCUT2D eigenvalue weighted by atomic mass is 19.3. The number of ether oxygens (including phenoxy) is 1. The summed E-state index contributed by atoms with van der Waals surface area (Å²) in [4.78, 5) is 38.1. The van der Waals surface area contributed by atoms with Gasteiger partial charge in [-0.15, -0.1) is 0 Å². The summed E-state index contributed by atoms with van der Waals surface area (Å²) in [6.07, 6.45) is 7.52. The number of piperazine rings is 1. The topological polar surface area (TPSA) is 114 Å². The number of halogens is 2. The van der Waals surface area contributed by atoms with E-state index >= 15 is 0 Å². The molecule has 2 aromatic carbocycles. The van der Waals surface area contributed by atoms with Crippen molar-refractivity contribution < 1.29 is 18.3 Å². The smallest absolute Gasteiger partial charge is 0.387 e. The number of benzene rings is 2. The van der Waals surface area contributed by atoms with Gasteiger partial charge in [-0.05, 0) is 47.9 Å². The molecule has 5 aromatic rings. The second-order valence-electron chi connectivity index (χ2n) is 11.0. The zero-order valence-electron chi connectivity index (χ0n) is 24.6. The van der Waals surface area contributed by atoms with Crippen LogP contribution in [0.3, 0.4) is 0 Å². The van der Waals surface area contributed by atoms with Crippen molar-refractivity contribution in [3.8, 4) is 16.9 Å². The molecule has 0 unspecified atom stereocenters. The number of rotatable bonds is 8. The molecule has 4 heterocycles. The zero-order chi connectivity index (χ0) is 31.0. The molecule has 44 heavy (non-hydrogen) atoms. The van der Waals surface area contributed by atoms with Crippen LogP contribution < -0.4 is 15.2 Å². The van der Waals surface area contributed by atoms with Crippen molar-refractivity contribution in [2.45, 2.75) is 39.5 Å². The first kappa shape index (κ1) is 29.0. The molecule has 0 spiro atoms. The minimum atomic E-state index is -2.99. The third-order valence-electron chi connectivity index (χ3n) is 8.07. The van der Waals surface area contributed by atoms with E-state index in [0.29, 0.717) is 48.5 Å². The number of hydrogen-bond acceptors (Lipinski definition) is 7. The van der Waals surface area contributed by atoms with E-state index in [2.05, 4.69) is 25.1 Å². The Bertz CT molecular complexity index is 1850. The average molecular weight is 603 g/mol. The van der Waals surface area contributed by atoms with Crippen LogP contribution in [0.25, 0.3) is 22.0 Å². The lowest BCUT2D eigenvalue weighted by Gasteiger charge is -2.39. The molecule has 13 heteroatoms. The number of aromatic nitrogens is 6. The summed E-state index contributed by atoms with van der Waals surface area (Å²) in [6, 6.07) is 10.6. The molecule has 1 aliphatic heterocycles. The van der Waals surface area contributed by atoms with E-state index in [-0.39, 0.29) is 29.8 Å². The summed E-state index contributed by atoms with van der Waals surface area (Å²) in [5, 5.41) is 7.25. The summed E-state index contributed by atoms with van der Waals surface area (Å²) in [6.45, 7) is 2.62. The van der Waals surface area contributed by atoms with Crippen LogP contribution in [-0.2, 0) is 24.8 Å². The SMILES string of the molecule is CC(=O)N1CCN(c2ncc(-c3ccc4c(=O)n(C)n(Cc5cc(Cc6cn[nH]c6)ccc5OC(F)F)c4c3)cn2)C[C@H]1C. The molecule has 6 rings (SSSR count). The molecule has 1 fully saturated rings. The van der Waals surface area contributed by atoms with Crippen molar-refractivity contribution >= 4 is 22.8 Å². The fraction of sp³-hybridized carbons (Fsp3) is 0.323. The number of anilines is 1. The molecule has 11 nitrogen and oxygen atoms in total. The van der Waals surface area contributed by atoms with Crippen LogP contribution >= 0.6 is 0 Å². The van der Waals surface area contributed by atoms with Gasteiger partial charge in [0.25, 0.3) is 5.56 Å². The molecule has 0 aliphatic carbocycles. The van der Waals surface area contributed by atoms with Crippen molar-refractivity contribution in [2.24, 2.45) is 7.05 Å². The Labute approximate surface area is 251 Å². The van der Waals surface area contributed by atoms with Gasteiger partial charge in [0.2, 0.25) is 11.9 Å². The first-order valence-corrected chi connectivity index (χ1v) is 14.3. The third kappa shape index (κ3) is 5.77. The molecule has 1 N–H and O–H groups in total. The normalized spacial score (nSPS) is 15.4. The van der Waals surface area contributed by atoms with Gasteiger partial charge in [0.1, 0.15) is 5.75 Å². The number of nitrogens with one attached hydrogen (secondary N) is 1. The Balaban J connectivity index is 1.31. The third-order valence-corrected chi connectivity index (χ3v) is 8.07. The average Bonchev–Trinajstić information content (AvgIpc) is 3.60. The lowest BCUT2D eigenvalue weighted by molar-refractivity contribution is -0.131. The minimum Gasteiger partial charge on any atom is -0.434 e. The standard InChI is InChI=1S/C31H32F2N8O3/c1-19-17-39(8-9-40(19)20(2)42)31-34-15-25(16-35-31)23-5-6-26-27(12-23)41(38(3)29(26)43)18-24-11-21(10-22-13-36-37-14-22)4-7-28(24)44-30(32)33/h4-7,11-16,19,30H,8-10,17-18H2,1-3H3,(H,36,37)/t19-/m1/s1. The second kappa shape index (κ2) is 11.9. The summed E-state index contributed by atoms with van der Waals surface area (Å²) in [5.74, 6) is 0.690. The molecule has 0 radical (unpaired) electrons. The van der Waals surface area contributed by atoms with Crippen molar-refractivity contribution in [1.82, 2.24) is 34.4 Å².